The predicted octanol–water partition coefficient (Wildman–Crippen LogP) is 3.62. The van der Waals surface area contributed by atoms with Gasteiger partial charge in [0, 0.05) is 0 Å². The molecule has 0 aliphatic heterocycles. The third-order valence-electron chi connectivity index (χ3n) is 3.61. The second-order valence-electron chi connectivity index (χ2n) is 5.43. The number of benzene rings is 2. The van der Waals surface area contributed by atoms with Crippen LogP contribution < -0.4 is 4.74 Å². The number of halogens is 1. The molecular formula is C17H17FO2. The van der Waals surface area contributed by atoms with Gasteiger partial charge in [0.1, 0.15) is 17.2 Å². The fourth-order valence-corrected chi connectivity index (χ4v) is 2.21. The predicted molar refractivity (Wildman–Crippen MR) is 75.2 cm³/mol. The Balaban J connectivity index is 1.93. The summed E-state index contributed by atoms with van der Waals surface area (Å²) >= 11 is 0. The van der Waals surface area contributed by atoms with Crippen molar-refractivity contribution in [3.8, 4) is 5.75 Å². The van der Waals surface area contributed by atoms with Gasteiger partial charge in [-0.05, 0) is 55.2 Å². The molecule has 3 rings (SSSR count). The molecule has 0 heterocycles. The lowest BCUT2D eigenvalue weighted by atomic mass is 9.88. The SMILES string of the molecule is CC(O)(c1cccc(F)c1)c1cccc(OC2CC2)c1. The highest BCUT2D eigenvalue weighted by atomic mass is 19.1. The first kappa shape index (κ1) is 13.1. The minimum Gasteiger partial charge on any atom is -0.490 e. The van der Waals surface area contributed by atoms with Gasteiger partial charge in [0.2, 0.25) is 0 Å². The fraction of sp³-hybridized carbons (Fsp3) is 0.294. The number of aliphatic hydroxyl groups is 1. The highest BCUT2D eigenvalue weighted by Crippen LogP contribution is 2.33. The van der Waals surface area contributed by atoms with Crippen LogP contribution in [-0.2, 0) is 5.60 Å². The van der Waals surface area contributed by atoms with Gasteiger partial charge in [-0.1, -0.05) is 24.3 Å². The van der Waals surface area contributed by atoms with E-state index in [0.717, 1.165) is 18.6 Å². The monoisotopic (exact) mass is 272 g/mol. The zero-order valence-electron chi connectivity index (χ0n) is 11.3. The molecule has 1 saturated carbocycles. The Hall–Kier alpha value is -1.87. The highest BCUT2D eigenvalue weighted by molar-refractivity contribution is 5.39. The lowest BCUT2D eigenvalue weighted by Crippen LogP contribution is -2.23. The lowest BCUT2D eigenvalue weighted by Gasteiger charge is -2.25. The summed E-state index contributed by atoms with van der Waals surface area (Å²) in [5.74, 6) is 0.398. The van der Waals surface area contributed by atoms with E-state index in [2.05, 4.69) is 0 Å². The van der Waals surface area contributed by atoms with Gasteiger partial charge in [-0.15, -0.1) is 0 Å². The van der Waals surface area contributed by atoms with E-state index < -0.39 is 5.60 Å². The van der Waals surface area contributed by atoms with E-state index in [1.165, 1.54) is 12.1 Å². The smallest absolute Gasteiger partial charge is 0.123 e. The van der Waals surface area contributed by atoms with Crippen LogP contribution in [0.25, 0.3) is 0 Å². The van der Waals surface area contributed by atoms with Gasteiger partial charge in [-0.2, -0.15) is 0 Å². The molecule has 3 heteroatoms. The summed E-state index contributed by atoms with van der Waals surface area (Å²) in [6, 6.07) is 13.4. The molecule has 0 radical (unpaired) electrons. The molecule has 1 N–H and O–H groups in total. The Labute approximate surface area is 117 Å². The fourth-order valence-electron chi connectivity index (χ4n) is 2.21. The van der Waals surface area contributed by atoms with E-state index >= 15 is 0 Å². The highest BCUT2D eigenvalue weighted by Gasteiger charge is 2.28. The summed E-state index contributed by atoms with van der Waals surface area (Å²) in [5, 5.41) is 10.7. The summed E-state index contributed by atoms with van der Waals surface area (Å²) in [6.07, 6.45) is 2.49. The van der Waals surface area contributed by atoms with Gasteiger partial charge in [0.25, 0.3) is 0 Å². The van der Waals surface area contributed by atoms with Crippen LogP contribution in [0.5, 0.6) is 5.75 Å². The van der Waals surface area contributed by atoms with Gasteiger partial charge in [-0.25, -0.2) is 4.39 Å². The zero-order valence-corrected chi connectivity index (χ0v) is 11.3. The van der Waals surface area contributed by atoms with Gasteiger partial charge >= 0.3 is 0 Å². The molecule has 0 saturated heterocycles. The van der Waals surface area contributed by atoms with Crippen LogP contribution in [0.2, 0.25) is 0 Å². The molecule has 0 aromatic heterocycles. The van der Waals surface area contributed by atoms with E-state index in [4.69, 9.17) is 4.74 Å². The van der Waals surface area contributed by atoms with Gasteiger partial charge < -0.3 is 9.84 Å². The average Bonchev–Trinajstić information content (AvgIpc) is 3.23. The standard InChI is InChI=1S/C17H17FO2/c1-17(19,12-4-2-6-14(18)10-12)13-5-3-7-16(11-13)20-15-8-9-15/h2-7,10-11,15,19H,8-9H2,1H3. The second-order valence-corrected chi connectivity index (χ2v) is 5.43. The van der Waals surface area contributed by atoms with Crippen LogP contribution in [0.1, 0.15) is 30.9 Å². The maximum absolute atomic E-state index is 13.3. The molecule has 1 aliphatic rings. The van der Waals surface area contributed by atoms with Crippen LogP contribution in [0, 0.1) is 5.82 Å². The van der Waals surface area contributed by atoms with E-state index in [1.807, 2.05) is 24.3 Å². The van der Waals surface area contributed by atoms with Crippen LogP contribution >= 0.6 is 0 Å². The number of hydrogen-bond donors (Lipinski definition) is 1. The first-order chi connectivity index (χ1) is 9.55. The quantitative estimate of drug-likeness (QED) is 0.921. The largest absolute Gasteiger partial charge is 0.490 e. The Morgan fingerprint density at radius 1 is 1.10 bits per heavy atom. The van der Waals surface area contributed by atoms with Crippen LogP contribution in [0.3, 0.4) is 0 Å². The van der Waals surface area contributed by atoms with Gasteiger partial charge in [-0.3, -0.25) is 0 Å². The molecule has 1 unspecified atom stereocenters. The van der Waals surface area contributed by atoms with Crippen molar-refractivity contribution >= 4 is 0 Å². The molecule has 0 spiro atoms. The van der Waals surface area contributed by atoms with E-state index in [1.54, 1.807) is 19.1 Å². The van der Waals surface area contributed by atoms with Crippen molar-refractivity contribution < 1.29 is 14.2 Å². The summed E-state index contributed by atoms with van der Waals surface area (Å²) in [5.41, 5.74) is -0.0206. The topological polar surface area (TPSA) is 29.5 Å². The van der Waals surface area contributed by atoms with Crippen molar-refractivity contribution in [2.45, 2.75) is 31.5 Å². The first-order valence-corrected chi connectivity index (χ1v) is 6.81. The molecule has 20 heavy (non-hydrogen) atoms. The van der Waals surface area contributed by atoms with Crippen molar-refractivity contribution in [1.82, 2.24) is 0 Å². The van der Waals surface area contributed by atoms with Crippen molar-refractivity contribution in [3.63, 3.8) is 0 Å². The summed E-state index contributed by atoms with van der Waals surface area (Å²) < 4.78 is 19.1. The van der Waals surface area contributed by atoms with Crippen molar-refractivity contribution in [2.75, 3.05) is 0 Å². The molecule has 2 aromatic carbocycles. The molecular weight excluding hydrogens is 255 g/mol. The average molecular weight is 272 g/mol. The summed E-state index contributed by atoms with van der Waals surface area (Å²) in [6.45, 7) is 1.66. The summed E-state index contributed by atoms with van der Waals surface area (Å²) in [7, 11) is 0. The molecule has 1 aliphatic carbocycles. The van der Waals surface area contributed by atoms with Crippen LogP contribution in [0.4, 0.5) is 4.39 Å². The third-order valence-corrected chi connectivity index (χ3v) is 3.61. The van der Waals surface area contributed by atoms with Gasteiger partial charge in [0.05, 0.1) is 6.10 Å². The van der Waals surface area contributed by atoms with Gasteiger partial charge in [0.15, 0.2) is 0 Å². The molecule has 2 aromatic rings. The van der Waals surface area contributed by atoms with E-state index in [9.17, 15) is 9.50 Å². The van der Waals surface area contributed by atoms with Crippen LogP contribution in [0.15, 0.2) is 48.5 Å². The zero-order chi connectivity index (χ0) is 14.2. The summed E-state index contributed by atoms with van der Waals surface area (Å²) in [4.78, 5) is 0. The van der Waals surface area contributed by atoms with Crippen molar-refractivity contribution in [2.24, 2.45) is 0 Å². The first-order valence-electron chi connectivity index (χ1n) is 6.81. The maximum Gasteiger partial charge on any atom is 0.123 e. The maximum atomic E-state index is 13.3. The minimum absolute atomic E-state index is 0.310. The Kier molecular flexibility index (Phi) is 3.22. The van der Waals surface area contributed by atoms with Crippen molar-refractivity contribution in [1.29, 1.82) is 0 Å². The number of hydrogen-bond acceptors (Lipinski definition) is 2. The molecule has 0 bridgehead atoms. The van der Waals surface area contributed by atoms with E-state index in [0.29, 0.717) is 17.2 Å². The molecule has 1 atom stereocenters. The second kappa shape index (κ2) is 4.91. The van der Waals surface area contributed by atoms with E-state index in [-0.39, 0.29) is 5.82 Å². The molecule has 1 fully saturated rings. The Morgan fingerprint density at radius 2 is 1.75 bits per heavy atom. The number of ether oxygens (including phenoxy) is 1. The molecule has 2 nitrogen and oxygen atoms in total. The van der Waals surface area contributed by atoms with Crippen molar-refractivity contribution in [3.05, 3.63) is 65.5 Å². The third kappa shape index (κ3) is 2.68. The Morgan fingerprint density at radius 3 is 2.40 bits per heavy atom. The van der Waals surface area contributed by atoms with Crippen LogP contribution in [-0.4, -0.2) is 11.2 Å². The Bertz CT molecular complexity index is 618. The number of rotatable bonds is 4. The molecule has 104 valence electrons. The molecule has 0 amide bonds. The lowest BCUT2D eigenvalue weighted by molar-refractivity contribution is 0.101. The minimum atomic E-state index is -1.25. The normalized spacial score (nSPS) is 17.6.